The van der Waals surface area contributed by atoms with Gasteiger partial charge in [0, 0.05) is 22.0 Å². The van der Waals surface area contributed by atoms with Crippen molar-refractivity contribution in [3.05, 3.63) is 127 Å². The van der Waals surface area contributed by atoms with Crippen LogP contribution in [0.5, 0.6) is 11.5 Å². The Kier molecular flexibility index (Phi) is 7.78. The van der Waals surface area contributed by atoms with Crippen molar-refractivity contribution in [3.8, 4) is 23.1 Å². The number of halogens is 2. The van der Waals surface area contributed by atoms with E-state index in [1.54, 1.807) is 61.5 Å². The minimum absolute atomic E-state index is 0.0814. The van der Waals surface area contributed by atoms with E-state index in [1.807, 2.05) is 0 Å². The van der Waals surface area contributed by atoms with Crippen LogP contribution < -0.4 is 15.0 Å². The molecule has 0 atom stereocenters. The zero-order chi connectivity index (χ0) is 30.8. The van der Waals surface area contributed by atoms with E-state index in [-0.39, 0.29) is 41.9 Å². The number of nitro benzene ring substituents is 1. The highest BCUT2D eigenvalue weighted by molar-refractivity contribution is 6.31. The fraction of sp³-hybridized carbons (Fsp3) is 0.0938. The number of nitro groups is 1. The molecule has 6 aromatic rings. The predicted molar refractivity (Wildman–Crippen MR) is 164 cm³/mol. The monoisotopic (exact) mass is 612 g/mol. The van der Waals surface area contributed by atoms with Gasteiger partial charge in [-0.3, -0.25) is 14.9 Å². The highest BCUT2D eigenvalue weighted by Gasteiger charge is 2.23. The van der Waals surface area contributed by atoms with Gasteiger partial charge in [-0.15, -0.1) is 0 Å². The Hall–Kier alpha value is -5.55. The lowest BCUT2D eigenvalue weighted by atomic mass is 10.1. The highest BCUT2D eigenvalue weighted by atomic mass is 35.5. The molecule has 0 amide bonds. The molecular weight excluding hydrogens is 591 g/mol. The van der Waals surface area contributed by atoms with Gasteiger partial charge in [-0.2, -0.15) is 9.78 Å². The van der Waals surface area contributed by atoms with Crippen LogP contribution in [0.15, 0.2) is 99.2 Å². The standard InChI is InChI=1S/C32H22ClFN4O6/c1-2-42-28-14-20(13-26(38(40)41)30(28)43-18-19-6-5-7-23(34)12-19)17-35-37-31(36-25-9-4-3-8-24(25)32(37)39)29-16-21-15-22(33)10-11-27(21)44-29/h3-17H,2,18H2,1H3. The number of hydrogen-bond donors (Lipinski definition) is 0. The summed E-state index contributed by atoms with van der Waals surface area (Å²) < 4.78 is 32.2. The zero-order valence-electron chi connectivity index (χ0n) is 23.1. The second-order valence-corrected chi connectivity index (χ2v) is 10.0. The molecule has 2 aromatic heterocycles. The minimum Gasteiger partial charge on any atom is -0.490 e. The van der Waals surface area contributed by atoms with Gasteiger partial charge in [0.15, 0.2) is 11.5 Å². The van der Waals surface area contributed by atoms with Crippen LogP contribution in [0.2, 0.25) is 5.02 Å². The summed E-state index contributed by atoms with van der Waals surface area (Å²) in [6.45, 7) is 1.77. The zero-order valence-corrected chi connectivity index (χ0v) is 23.8. The van der Waals surface area contributed by atoms with E-state index in [2.05, 4.69) is 10.1 Å². The van der Waals surface area contributed by atoms with Gasteiger partial charge in [0.05, 0.1) is 28.6 Å². The Morgan fingerprint density at radius 2 is 1.91 bits per heavy atom. The molecule has 0 aliphatic heterocycles. The maximum Gasteiger partial charge on any atom is 0.315 e. The van der Waals surface area contributed by atoms with Crippen LogP contribution in [0.4, 0.5) is 10.1 Å². The van der Waals surface area contributed by atoms with Gasteiger partial charge < -0.3 is 13.9 Å². The lowest BCUT2D eigenvalue weighted by Crippen LogP contribution is -2.20. The molecule has 2 heterocycles. The molecule has 0 bridgehead atoms. The molecule has 0 N–H and O–H groups in total. The molecule has 44 heavy (non-hydrogen) atoms. The summed E-state index contributed by atoms with van der Waals surface area (Å²) in [5, 5.41) is 18.0. The van der Waals surface area contributed by atoms with E-state index in [0.717, 1.165) is 4.68 Å². The number of rotatable bonds is 9. The lowest BCUT2D eigenvalue weighted by molar-refractivity contribution is -0.386. The average Bonchev–Trinajstić information content (AvgIpc) is 3.43. The number of hydrogen-bond acceptors (Lipinski definition) is 8. The van der Waals surface area contributed by atoms with Gasteiger partial charge in [0.2, 0.25) is 11.6 Å². The van der Waals surface area contributed by atoms with Crippen LogP contribution in [-0.2, 0) is 6.61 Å². The van der Waals surface area contributed by atoms with E-state index in [4.69, 9.17) is 25.5 Å². The molecular formula is C32H22ClFN4O6. The van der Waals surface area contributed by atoms with Crippen LogP contribution in [0.1, 0.15) is 18.1 Å². The maximum atomic E-state index is 13.7. The van der Waals surface area contributed by atoms with Crippen molar-refractivity contribution in [2.45, 2.75) is 13.5 Å². The first kappa shape index (κ1) is 28.6. The molecule has 10 nitrogen and oxygen atoms in total. The van der Waals surface area contributed by atoms with E-state index in [9.17, 15) is 19.3 Å². The third-order valence-corrected chi connectivity index (χ3v) is 6.84. The highest BCUT2D eigenvalue weighted by Crippen LogP contribution is 2.39. The SMILES string of the molecule is CCOc1cc(C=Nn2c(-c3cc4cc(Cl)ccc4o3)nc3ccccc3c2=O)cc([N+](=O)[O-])c1OCc1cccc(F)c1. The van der Waals surface area contributed by atoms with E-state index in [1.165, 1.54) is 36.5 Å². The van der Waals surface area contributed by atoms with Crippen molar-refractivity contribution in [2.75, 3.05) is 6.61 Å². The first-order valence-electron chi connectivity index (χ1n) is 13.4. The Balaban J connectivity index is 1.45. The smallest absolute Gasteiger partial charge is 0.315 e. The summed E-state index contributed by atoms with van der Waals surface area (Å²) in [5.41, 5.74) is 0.832. The first-order chi connectivity index (χ1) is 21.3. The normalized spacial score (nSPS) is 11.4. The Morgan fingerprint density at radius 3 is 2.70 bits per heavy atom. The lowest BCUT2D eigenvalue weighted by Gasteiger charge is -2.13. The van der Waals surface area contributed by atoms with Crippen LogP contribution in [0.25, 0.3) is 33.5 Å². The topological polar surface area (TPSA) is 122 Å². The van der Waals surface area contributed by atoms with Crippen molar-refractivity contribution in [2.24, 2.45) is 5.10 Å². The number of fused-ring (bicyclic) bond motifs is 2. The molecule has 0 aliphatic carbocycles. The third kappa shape index (κ3) is 5.72. The fourth-order valence-corrected chi connectivity index (χ4v) is 4.83. The van der Waals surface area contributed by atoms with Crippen molar-refractivity contribution >= 4 is 45.4 Å². The minimum atomic E-state index is -0.616. The molecule has 0 radical (unpaired) electrons. The Labute approximate surface area is 253 Å². The number of ether oxygens (including phenoxy) is 2. The molecule has 0 aliphatic rings. The third-order valence-electron chi connectivity index (χ3n) is 6.60. The summed E-state index contributed by atoms with van der Waals surface area (Å²) >= 11 is 6.15. The van der Waals surface area contributed by atoms with Crippen LogP contribution in [0, 0.1) is 15.9 Å². The summed E-state index contributed by atoms with van der Waals surface area (Å²) in [4.78, 5) is 29.7. The first-order valence-corrected chi connectivity index (χ1v) is 13.8. The largest absolute Gasteiger partial charge is 0.490 e. The fourth-order valence-electron chi connectivity index (χ4n) is 4.65. The van der Waals surface area contributed by atoms with Gasteiger partial charge >= 0.3 is 5.69 Å². The van der Waals surface area contributed by atoms with E-state index >= 15 is 0 Å². The van der Waals surface area contributed by atoms with Gasteiger partial charge in [-0.05, 0) is 67.1 Å². The summed E-state index contributed by atoms with van der Waals surface area (Å²) in [5.74, 6) is -0.111. The molecule has 0 saturated carbocycles. The number of nitrogens with zero attached hydrogens (tertiary/aromatic N) is 4. The van der Waals surface area contributed by atoms with Crippen molar-refractivity contribution in [1.29, 1.82) is 0 Å². The van der Waals surface area contributed by atoms with Crippen LogP contribution in [-0.4, -0.2) is 27.4 Å². The van der Waals surface area contributed by atoms with Crippen molar-refractivity contribution in [1.82, 2.24) is 9.66 Å². The number of furan rings is 1. The number of para-hydroxylation sites is 1. The molecule has 12 heteroatoms. The second kappa shape index (κ2) is 12.0. The quantitative estimate of drug-likeness (QED) is 0.0949. The number of benzene rings is 4. The average molecular weight is 613 g/mol. The van der Waals surface area contributed by atoms with Crippen LogP contribution in [0.3, 0.4) is 0 Å². The van der Waals surface area contributed by atoms with E-state index in [0.29, 0.717) is 32.5 Å². The summed E-state index contributed by atoms with van der Waals surface area (Å²) in [7, 11) is 0. The molecule has 4 aromatic carbocycles. The maximum absolute atomic E-state index is 13.7. The molecule has 0 spiro atoms. The van der Waals surface area contributed by atoms with Gasteiger partial charge in [0.1, 0.15) is 18.0 Å². The molecule has 0 unspecified atom stereocenters. The summed E-state index contributed by atoms with van der Waals surface area (Å²) in [6, 6.07) is 22.1. The molecule has 6 rings (SSSR count). The number of aromatic nitrogens is 2. The van der Waals surface area contributed by atoms with Gasteiger partial charge in [0.25, 0.3) is 5.56 Å². The van der Waals surface area contributed by atoms with Crippen LogP contribution >= 0.6 is 11.6 Å². The Bertz CT molecular complexity index is 2140. The van der Waals surface area contributed by atoms with E-state index < -0.39 is 22.0 Å². The molecule has 0 fully saturated rings. The molecule has 220 valence electrons. The van der Waals surface area contributed by atoms with Gasteiger partial charge in [-0.25, -0.2) is 9.37 Å². The predicted octanol–water partition coefficient (Wildman–Crippen LogP) is 7.37. The molecule has 0 saturated heterocycles. The van der Waals surface area contributed by atoms with Crippen molar-refractivity contribution < 1.29 is 23.2 Å². The second-order valence-electron chi connectivity index (χ2n) is 9.58. The Morgan fingerprint density at radius 1 is 1.07 bits per heavy atom. The summed E-state index contributed by atoms with van der Waals surface area (Å²) in [6.07, 6.45) is 1.28. The van der Waals surface area contributed by atoms with Gasteiger partial charge in [-0.1, -0.05) is 35.9 Å². The van der Waals surface area contributed by atoms with Crippen molar-refractivity contribution in [3.63, 3.8) is 0 Å².